The number of halogens is 1. The molecule has 0 saturated carbocycles. The third-order valence-corrected chi connectivity index (χ3v) is 8.34. The summed E-state index contributed by atoms with van der Waals surface area (Å²) >= 11 is 2.76. The minimum absolute atomic E-state index is 0.124. The molecule has 3 rings (SSSR count). The van der Waals surface area contributed by atoms with Crippen molar-refractivity contribution in [3.8, 4) is 0 Å². The molecule has 1 N–H and O–H groups in total. The fourth-order valence-electron chi connectivity index (χ4n) is 2.63. The van der Waals surface area contributed by atoms with Crippen LogP contribution in [0.25, 0.3) is 0 Å². The number of anilines is 1. The van der Waals surface area contributed by atoms with Crippen molar-refractivity contribution < 1.29 is 17.6 Å². The van der Waals surface area contributed by atoms with Crippen molar-refractivity contribution in [1.29, 1.82) is 0 Å². The van der Waals surface area contributed by atoms with Gasteiger partial charge in [-0.1, -0.05) is 24.3 Å². The number of nitrogens with one attached hydrogen (secondary N) is 1. The average molecular weight is 465 g/mol. The Hall–Kier alpha value is -2.36. The molecular weight excluding hydrogens is 443 g/mol. The largest absolute Gasteiger partial charge is 0.354 e. The van der Waals surface area contributed by atoms with Crippen LogP contribution >= 0.6 is 23.1 Å². The Kier molecular flexibility index (Phi) is 7.89. The van der Waals surface area contributed by atoms with Gasteiger partial charge in [-0.2, -0.15) is 0 Å². The molecule has 2 aromatic carbocycles. The maximum atomic E-state index is 13.3. The lowest BCUT2D eigenvalue weighted by atomic mass is 10.3. The number of nitrogens with zero attached hydrogens (tertiary/aromatic N) is 1. The SMILES string of the molecule is O=C(CN(c1ccc(F)cc1)S(=O)(=O)c1cccs1)NCCCSc1ccccc1. The van der Waals surface area contributed by atoms with E-state index in [1.165, 1.54) is 30.3 Å². The fraction of sp³-hybridized carbons (Fsp3) is 0.190. The van der Waals surface area contributed by atoms with E-state index in [4.69, 9.17) is 0 Å². The number of carbonyl (C=O) groups excluding carboxylic acids is 1. The highest BCUT2D eigenvalue weighted by Gasteiger charge is 2.28. The molecule has 0 bridgehead atoms. The number of thioether (sulfide) groups is 1. The summed E-state index contributed by atoms with van der Waals surface area (Å²) in [5.74, 6) is -0.0591. The Morgan fingerprint density at radius 1 is 1.03 bits per heavy atom. The summed E-state index contributed by atoms with van der Waals surface area (Å²) in [7, 11) is -3.93. The van der Waals surface area contributed by atoms with Gasteiger partial charge in [0.05, 0.1) is 5.69 Å². The van der Waals surface area contributed by atoms with Gasteiger partial charge in [0.15, 0.2) is 0 Å². The van der Waals surface area contributed by atoms with E-state index < -0.39 is 21.7 Å². The quantitative estimate of drug-likeness (QED) is 0.357. The molecule has 0 saturated heterocycles. The first-order valence-electron chi connectivity index (χ1n) is 9.23. The van der Waals surface area contributed by atoms with Crippen LogP contribution in [0.4, 0.5) is 10.1 Å². The van der Waals surface area contributed by atoms with E-state index in [0.717, 1.165) is 32.7 Å². The summed E-state index contributed by atoms with van der Waals surface area (Å²) in [6.07, 6.45) is 0.750. The lowest BCUT2D eigenvalue weighted by Crippen LogP contribution is -2.41. The Bertz CT molecular complexity index is 1040. The predicted octanol–water partition coefficient (Wildman–Crippen LogP) is 4.38. The highest BCUT2D eigenvalue weighted by atomic mass is 32.2. The molecule has 0 radical (unpaired) electrons. The second-order valence-corrected chi connectivity index (χ2v) is 10.5. The Balaban J connectivity index is 1.60. The first-order valence-corrected chi connectivity index (χ1v) is 12.5. The van der Waals surface area contributed by atoms with E-state index in [2.05, 4.69) is 5.32 Å². The van der Waals surface area contributed by atoms with Crippen LogP contribution in [0.1, 0.15) is 6.42 Å². The third-order valence-electron chi connectivity index (χ3n) is 4.10. The van der Waals surface area contributed by atoms with Crippen LogP contribution in [0.3, 0.4) is 0 Å². The van der Waals surface area contributed by atoms with Crippen LogP contribution in [-0.2, 0) is 14.8 Å². The van der Waals surface area contributed by atoms with Crippen molar-refractivity contribution in [3.05, 3.63) is 77.9 Å². The molecule has 0 atom stereocenters. The van der Waals surface area contributed by atoms with Crippen molar-refractivity contribution >= 4 is 44.7 Å². The van der Waals surface area contributed by atoms with E-state index in [1.54, 1.807) is 23.2 Å². The lowest BCUT2D eigenvalue weighted by Gasteiger charge is -2.23. The molecule has 0 fully saturated rings. The summed E-state index contributed by atoms with van der Waals surface area (Å²) in [6.45, 7) is 0.0622. The Morgan fingerprint density at radius 2 is 1.77 bits per heavy atom. The normalized spacial score (nSPS) is 11.2. The number of sulfonamides is 1. The van der Waals surface area contributed by atoms with Crippen LogP contribution in [0, 0.1) is 5.82 Å². The second kappa shape index (κ2) is 10.6. The van der Waals surface area contributed by atoms with Crippen molar-refractivity contribution in [2.75, 3.05) is 23.1 Å². The number of benzene rings is 2. The predicted molar refractivity (Wildman–Crippen MR) is 120 cm³/mol. The molecule has 1 heterocycles. The molecule has 30 heavy (non-hydrogen) atoms. The smallest absolute Gasteiger partial charge is 0.274 e. The van der Waals surface area contributed by atoms with Gasteiger partial charge in [0.1, 0.15) is 16.6 Å². The number of carbonyl (C=O) groups is 1. The maximum absolute atomic E-state index is 13.3. The summed E-state index contributed by atoms with van der Waals surface area (Å²) < 4.78 is 40.4. The van der Waals surface area contributed by atoms with Gasteiger partial charge < -0.3 is 5.32 Å². The number of rotatable bonds is 10. The molecule has 1 aromatic heterocycles. The summed E-state index contributed by atoms with van der Waals surface area (Å²) in [5, 5.41) is 4.42. The molecule has 0 aliphatic carbocycles. The summed E-state index contributed by atoms with van der Waals surface area (Å²) in [6, 6.07) is 18.1. The molecule has 0 unspecified atom stereocenters. The molecule has 9 heteroatoms. The lowest BCUT2D eigenvalue weighted by molar-refractivity contribution is -0.119. The van der Waals surface area contributed by atoms with Crippen LogP contribution in [0.5, 0.6) is 0 Å². The van der Waals surface area contributed by atoms with Gasteiger partial charge in [-0.05, 0) is 60.0 Å². The maximum Gasteiger partial charge on any atom is 0.274 e. The molecule has 0 aliphatic heterocycles. The number of hydrogen-bond acceptors (Lipinski definition) is 5. The van der Waals surface area contributed by atoms with Gasteiger partial charge in [-0.25, -0.2) is 12.8 Å². The fourth-order valence-corrected chi connectivity index (χ4v) is 6.03. The van der Waals surface area contributed by atoms with Gasteiger partial charge >= 0.3 is 0 Å². The molecule has 1 amide bonds. The zero-order valence-corrected chi connectivity index (χ0v) is 18.5. The van der Waals surface area contributed by atoms with Gasteiger partial charge in [0.25, 0.3) is 10.0 Å². The van der Waals surface area contributed by atoms with Crippen LogP contribution in [-0.4, -0.2) is 33.2 Å². The van der Waals surface area contributed by atoms with Crippen molar-refractivity contribution in [3.63, 3.8) is 0 Å². The van der Waals surface area contributed by atoms with E-state index in [1.807, 2.05) is 30.3 Å². The average Bonchev–Trinajstić information content (AvgIpc) is 3.29. The summed E-state index contributed by atoms with van der Waals surface area (Å²) in [5.41, 5.74) is 0.236. The van der Waals surface area contributed by atoms with E-state index in [-0.39, 0.29) is 16.4 Å². The van der Waals surface area contributed by atoms with Crippen molar-refractivity contribution in [2.45, 2.75) is 15.5 Å². The van der Waals surface area contributed by atoms with Gasteiger partial charge in [0.2, 0.25) is 5.91 Å². The van der Waals surface area contributed by atoms with Crippen molar-refractivity contribution in [1.82, 2.24) is 5.32 Å². The van der Waals surface area contributed by atoms with E-state index in [0.29, 0.717) is 6.54 Å². The first-order chi connectivity index (χ1) is 14.5. The number of amides is 1. The zero-order chi connectivity index (χ0) is 21.4. The van der Waals surface area contributed by atoms with E-state index in [9.17, 15) is 17.6 Å². The van der Waals surface area contributed by atoms with Gasteiger partial charge in [-0.3, -0.25) is 9.10 Å². The molecular formula is C21H21FN2O3S3. The number of hydrogen-bond donors (Lipinski definition) is 1. The highest BCUT2D eigenvalue weighted by molar-refractivity contribution is 7.99. The topological polar surface area (TPSA) is 66.5 Å². The van der Waals surface area contributed by atoms with E-state index >= 15 is 0 Å². The minimum atomic E-state index is -3.93. The van der Waals surface area contributed by atoms with Gasteiger partial charge in [0, 0.05) is 11.4 Å². The first kappa shape index (κ1) is 22.3. The third kappa shape index (κ3) is 6.07. The molecule has 3 aromatic rings. The van der Waals surface area contributed by atoms with Crippen LogP contribution < -0.4 is 9.62 Å². The Morgan fingerprint density at radius 3 is 2.43 bits per heavy atom. The molecule has 158 valence electrons. The zero-order valence-electron chi connectivity index (χ0n) is 16.0. The van der Waals surface area contributed by atoms with Crippen LogP contribution in [0.2, 0.25) is 0 Å². The molecule has 5 nitrogen and oxygen atoms in total. The van der Waals surface area contributed by atoms with Gasteiger partial charge in [-0.15, -0.1) is 23.1 Å². The molecule has 0 aliphatic rings. The van der Waals surface area contributed by atoms with Crippen molar-refractivity contribution in [2.24, 2.45) is 0 Å². The minimum Gasteiger partial charge on any atom is -0.354 e. The highest BCUT2D eigenvalue weighted by Crippen LogP contribution is 2.26. The van der Waals surface area contributed by atoms with Crippen LogP contribution in [0.15, 0.2) is 81.2 Å². The Labute approximate surface area is 184 Å². The second-order valence-electron chi connectivity index (χ2n) is 6.29. The number of thiophene rings is 1. The monoisotopic (exact) mass is 464 g/mol. The summed E-state index contributed by atoms with van der Waals surface area (Å²) in [4.78, 5) is 13.6. The molecule has 0 spiro atoms. The standard InChI is InChI=1S/C21H21FN2O3S3/c22-17-9-11-18(12-10-17)24(30(26,27)21-8-4-14-29-21)16-20(25)23-13-5-15-28-19-6-2-1-3-7-19/h1-4,6-12,14H,5,13,15-16H2,(H,23,25).